The third kappa shape index (κ3) is 8.19. The van der Waals surface area contributed by atoms with Crippen LogP contribution in [0.1, 0.15) is 0 Å². The van der Waals surface area contributed by atoms with E-state index in [2.05, 4.69) is 9.24 Å². The van der Waals surface area contributed by atoms with Gasteiger partial charge in [0.15, 0.2) is 11.5 Å². The zero-order valence-corrected chi connectivity index (χ0v) is 13.1. The van der Waals surface area contributed by atoms with Gasteiger partial charge in [-0.2, -0.15) is 0 Å². The van der Waals surface area contributed by atoms with Crippen LogP contribution in [-0.4, -0.2) is 63.1 Å². The topological polar surface area (TPSA) is 77.4 Å². The van der Waals surface area contributed by atoms with Gasteiger partial charge < -0.3 is 29.2 Å². The van der Waals surface area contributed by atoms with Gasteiger partial charge in [-0.15, -0.1) is 9.24 Å². The Hall–Kier alpha value is -0.910. The summed E-state index contributed by atoms with van der Waals surface area (Å²) < 4.78 is 21.5. The average Bonchev–Trinajstić information content (AvgIpc) is 2.48. The maximum Gasteiger partial charge on any atom is 0.161 e. The first-order valence-corrected chi connectivity index (χ1v) is 7.38. The van der Waals surface area contributed by atoms with Crippen molar-refractivity contribution in [2.75, 3.05) is 52.9 Å². The summed E-state index contributed by atoms with van der Waals surface area (Å²) in [6, 6.07) is 5.60. The molecule has 1 unspecified atom stereocenters. The third-order valence-electron chi connectivity index (χ3n) is 2.41. The number of aliphatic hydroxyl groups excluding tert-OH is 2. The molecule has 2 N–H and O–H groups in total. The fourth-order valence-corrected chi connectivity index (χ4v) is 1.76. The van der Waals surface area contributed by atoms with E-state index in [1.807, 2.05) is 18.2 Å². The number of ether oxygens (including phenoxy) is 4. The molecule has 0 heterocycles. The molecule has 0 fully saturated rings. The average molecular weight is 318 g/mol. The lowest BCUT2D eigenvalue weighted by Crippen LogP contribution is -2.12. The van der Waals surface area contributed by atoms with Crippen molar-refractivity contribution in [3.05, 3.63) is 18.2 Å². The van der Waals surface area contributed by atoms with Crippen molar-refractivity contribution >= 4 is 14.5 Å². The molecule has 0 aliphatic rings. The highest BCUT2D eigenvalue weighted by atomic mass is 31.0. The summed E-state index contributed by atoms with van der Waals surface area (Å²) in [5.41, 5.74) is 0. The van der Waals surface area contributed by atoms with Gasteiger partial charge in [0.05, 0.1) is 39.6 Å². The summed E-state index contributed by atoms with van der Waals surface area (Å²) in [7, 11) is 2.60. The minimum atomic E-state index is 0.00326. The Morgan fingerprint density at radius 2 is 1.33 bits per heavy atom. The molecule has 0 spiro atoms. The number of benzene rings is 1. The molecule has 21 heavy (non-hydrogen) atoms. The molecule has 0 aromatic heterocycles. The Labute approximate surface area is 127 Å². The van der Waals surface area contributed by atoms with Crippen molar-refractivity contribution in [1.82, 2.24) is 0 Å². The largest absolute Gasteiger partial charge is 0.487 e. The van der Waals surface area contributed by atoms with Gasteiger partial charge >= 0.3 is 0 Å². The Morgan fingerprint density at radius 1 is 0.762 bits per heavy atom. The summed E-state index contributed by atoms with van der Waals surface area (Å²) in [5.74, 6) is 1.27. The fraction of sp³-hybridized carbons (Fsp3) is 0.571. The number of rotatable bonds is 12. The molecule has 0 bridgehead atoms. The zero-order valence-electron chi connectivity index (χ0n) is 12.0. The Morgan fingerprint density at radius 3 is 1.90 bits per heavy atom. The van der Waals surface area contributed by atoms with Crippen molar-refractivity contribution < 1.29 is 29.2 Å². The molecule has 1 atom stereocenters. The van der Waals surface area contributed by atoms with Crippen LogP contribution < -0.4 is 14.8 Å². The van der Waals surface area contributed by atoms with Gasteiger partial charge in [0.1, 0.15) is 13.2 Å². The van der Waals surface area contributed by atoms with E-state index in [1.165, 1.54) is 0 Å². The molecule has 1 rings (SSSR count). The van der Waals surface area contributed by atoms with Crippen molar-refractivity contribution in [3.8, 4) is 11.5 Å². The van der Waals surface area contributed by atoms with E-state index in [4.69, 9.17) is 29.2 Å². The first-order valence-electron chi connectivity index (χ1n) is 6.80. The van der Waals surface area contributed by atoms with Crippen LogP contribution in [0.25, 0.3) is 0 Å². The van der Waals surface area contributed by atoms with Gasteiger partial charge in [-0.05, 0) is 17.4 Å². The van der Waals surface area contributed by atoms with Gasteiger partial charge in [-0.25, -0.2) is 0 Å². The molecule has 0 saturated carbocycles. The smallest absolute Gasteiger partial charge is 0.161 e. The quantitative estimate of drug-likeness (QED) is 0.416. The Kier molecular flexibility index (Phi) is 10.1. The lowest BCUT2D eigenvalue weighted by molar-refractivity contribution is 0.0645. The SMILES string of the molecule is OCCOCCOc1ccc(P)cc1OCCOCCO. The van der Waals surface area contributed by atoms with E-state index in [1.54, 1.807) is 0 Å². The number of hydrogen-bond donors (Lipinski definition) is 2. The van der Waals surface area contributed by atoms with Crippen molar-refractivity contribution in [1.29, 1.82) is 0 Å². The summed E-state index contributed by atoms with van der Waals surface area (Å²) in [4.78, 5) is 0. The highest BCUT2D eigenvalue weighted by molar-refractivity contribution is 7.27. The molecule has 0 aliphatic heterocycles. The van der Waals surface area contributed by atoms with Crippen LogP contribution in [0.2, 0.25) is 0 Å². The minimum Gasteiger partial charge on any atom is -0.487 e. The lowest BCUT2D eigenvalue weighted by Gasteiger charge is -2.13. The van der Waals surface area contributed by atoms with Gasteiger partial charge in [0.2, 0.25) is 0 Å². The number of hydrogen-bond acceptors (Lipinski definition) is 6. The molecule has 0 saturated heterocycles. The fourth-order valence-electron chi connectivity index (χ4n) is 1.51. The van der Waals surface area contributed by atoms with Gasteiger partial charge in [0.25, 0.3) is 0 Å². The van der Waals surface area contributed by atoms with Crippen molar-refractivity contribution in [2.24, 2.45) is 0 Å². The van der Waals surface area contributed by atoms with Crippen molar-refractivity contribution in [3.63, 3.8) is 0 Å². The summed E-state index contributed by atoms with van der Waals surface area (Å²) in [6.45, 7) is 2.19. The van der Waals surface area contributed by atoms with Crippen LogP contribution in [-0.2, 0) is 9.47 Å². The Bertz CT molecular complexity index is 388. The molecule has 1 aromatic carbocycles. The summed E-state index contributed by atoms with van der Waals surface area (Å²) >= 11 is 0. The van der Waals surface area contributed by atoms with Crippen LogP contribution in [0.4, 0.5) is 0 Å². The van der Waals surface area contributed by atoms with Crippen LogP contribution >= 0.6 is 9.24 Å². The predicted molar refractivity (Wildman–Crippen MR) is 82.6 cm³/mol. The molecule has 7 heteroatoms. The molecule has 0 amide bonds. The van der Waals surface area contributed by atoms with E-state index in [0.29, 0.717) is 51.1 Å². The lowest BCUT2D eigenvalue weighted by atomic mass is 10.3. The van der Waals surface area contributed by atoms with E-state index in [-0.39, 0.29) is 13.2 Å². The predicted octanol–water partition coefficient (Wildman–Crippen LogP) is -0.0376. The first-order chi connectivity index (χ1) is 10.3. The molecule has 0 aliphatic carbocycles. The second kappa shape index (κ2) is 11.7. The maximum atomic E-state index is 8.61. The highest BCUT2D eigenvalue weighted by Crippen LogP contribution is 2.26. The van der Waals surface area contributed by atoms with E-state index in [9.17, 15) is 0 Å². The highest BCUT2D eigenvalue weighted by Gasteiger charge is 2.06. The minimum absolute atomic E-state index is 0.00326. The molecule has 6 nitrogen and oxygen atoms in total. The molecule has 1 aromatic rings. The van der Waals surface area contributed by atoms with Crippen LogP contribution in [0.3, 0.4) is 0 Å². The molecular formula is C14H23O6P. The first kappa shape index (κ1) is 18.1. The molecule has 120 valence electrons. The second-order valence-corrected chi connectivity index (χ2v) is 4.74. The zero-order chi connectivity index (χ0) is 15.3. The van der Waals surface area contributed by atoms with Gasteiger partial charge in [-0.3, -0.25) is 0 Å². The van der Waals surface area contributed by atoms with Gasteiger partial charge in [0, 0.05) is 0 Å². The molecule has 0 radical (unpaired) electrons. The van der Waals surface area contributed by atoms with Crippen LogP contribution in [0.5, 0.6) is 11.5 Å². The summed E-state index contributed by atoms with van der Waals surface area (Å²) in [5, 5.41) is 18.2. The van der Waals surface area contributed by atoms with Crippen LogP contribution in [0, 0.1) is 0 Å². The van der Waals surface area contributed by atoms with E-state index in [0.717, 1.165) is 5.30 Å². The van der Waals surface area contributed by atoms with E-state index < -0.39 is 0 Å². The van der Waals surface area contributed by atoms with E-state index >= 15 is 0 Å². The monoisotopic (exact) mass is 318 g/mol. The molecular weight excluding hydrogens is 295 g/mol. The summed E-state index contributed by atoms with van der Waals surface area (Å²) in [6.07, 6.45) is 0. The second-order valence-electron chi connectivity index (χ2n) is 4.08. The van der Waals surface area contributed by atoms with Crippen molar-refractivity contribution in [2.45, 2.75) is 0 Å². The van der Waals surface area contributed by atoms with Gasteiger partial charge in [-0.1, -0.05) is 6.07 Å². The maximum absolute atomic E-state index is 8.61. The standard InChI is InChI=1S/C14H23O6P/c15-3-5-17-7-9-19-13-2-1-12(21)11-14(13)20-10-8-18-6-4-16/h1-2,11,15-16H,3-10,21H2. The normalized spacial score (nSPS) is 10.6. The number of aliphatic hydroxyl groups is 2. The Balaban J connectivity index is 2.39. The third-order valence-corrected chi connectivity index (χ3v) is 2.77. The van der Waals surface area contributed by atoms with Crippen LogP contribution in [0.15, 0.2) is 18.2 Å².